The van der Waals surface area contributed by atoms with E-state index < -0.39 is 0 Å². The second-order valence-electron chi connectivity index (χ2n) is 7.30. The van der Waals surface area contributed by atoms with Gasteiger partial charge in [-0.05, 0) is 43.2 Å². The van der Waals surface area contributed by atoms with Gasteiger partial charge in [-0.2, -0.15) is 0 Å². The highest BCUT2D eigenvalue weighted by atomic mass is 35.5. The molecular weight excluding hydrogens is 423 g/mol. The van der Waals surface area contributed by atoms with Gasteiger partial charge in [0.1, 0.15) is 5.82 Å². The Morgan fingerprint density at radius 1 is 1.13 bits per heavy atom. The smallest absolute Gasteiger partial charge is 0.234 e. The van der Waals surface area contributed by atoms with Crippen LogP contribution in [0.15, 0.2) is 53.7 Å². The number of anilines is 1. The first kappa shape index (κ1) is 20.9. The average Bonchev–Trinajstić information content (AvgIpc) is 3.17. The molecule has 8 heteroatoms. The molecule has 1 fully saturated rings. The largest absolute Gasteiger partial charge is 0.325 e. The van der Waals surface area contributed by atoms with Crippen molar-refractivity contribution in [1.82, 2.24) is 14.8 Å². The van der Waals surface area contributed by atoms with Crippen LogP contribution in [0, 0.1) is 5.82 Å². The zero-order valence-corrected chi connectivity index (χ0v) is 17.9. The maximum atomic E-state index is 14.5. The fourth-order valence-electron chi connectivity index (χ4n) is 3.76. The first-order chi connectivity index (χ1) is 14.6. The first-order valence-corrected chi connectivity index (χ1v) is 11.4. The maximum absolute atomic E-state index is 14.5. The van der Waals surface area contributed by atoms with E-state index >= 15 is 0 Å². The van der Waals surface area contributed by atoms with Crippen LogP contribution in [0.2, 0.25) is 5.02 Å². The third kappa shape index (κ3) is 4.84. The third-order valence-electron chi connectivity index (χ3n) is 5.16. The van der Waals surface area contributed by atoms with Crippen molar-refractivity contribution in [2.45, 2.75) is 43.3 Å². The number of benzene rings is 2. The van der Waals surface area contributed by atoms with Gasteiger partial charge in [-0.1, -0.05) is 60.8 Å². The van der Waals surface area contributed by atoms with E-state index in [-0.39, 0.29) is 23.5 Å². The lowest BCUT2D eigenvalue weighted by molar-refractivity contribution is -0.113. The minimum absolute atomic E-state index is 0.159. The number of rotatable bonds is 6. The van der Waals surface area contributed by atoms with Gasteiger partial charge < -0.3 is 5.32 Å². The molecule has 0 bridgehead atoms. The molecule has 30 heavy (non-hydrogen) atoms. The summed E-state index contributed by atoms with van der Waals surface area (Å²) in [4.78, 5) is 12.4. The predicted molar refractivity (Wildman–Crippen MR) is 118 cm³/mol. The van der Waals surface area contributed by atoms with E-state index in [1.54, 1.807) is 42.5 Å². The van der Waals surface area contributed by atoms with Crippen molar-refractivity contribution in [3.8, 4) is 11.4 Å². The molecule has 0 unspecified atom stereocenters. The van der Waals surface area contributed by atoms with Crippen LogP contribution >= 0.6 is 23.4 Å². The number of halogens is 2. The summed E-state index contributed by atoms with van der Waals surface area (Å²) in [6.07, 6.45) is 5.46. The van der Waals surface area contributed by atoms with Crippen LogP contribution in [0.1, 0.15) is 38.1 Å². The van der Waals surface area contributed by atoms with Gasteiger partial charge in [0.2, 0.25) is 5.91 Å². The Morgan fingerprint density at radius 3 is 2.70 bits per heavy atom. The van der Waals surface area contributed by atoms with Crippen molar-refractivity contribution in [1.29, 1.82) is 0 Å². The molecule has 1 aliphatic carbocycles. The number of hydrogen-bond donors (Lipinski definition) is 1. The quantitative estimate of drug-likeness (QED) is 0.475. The number of nitrogens with zero attached hydrogens (tertiary/aromatic N) is 3. The molecular formula is C22H22ClFN4OS. The SMILES string of the molecule is O=C(CSc1nnc(-c2ccccc2F)n1C1CCCCC1)Nc1cccc(Cl)c1. The van der Waals surface area contributed by atoms with Crippen LogP contribution in [-0.4, -0.2) is 26.4 Å². The number of carbonyl (C=O) groups excluding carboxylic acids is 1. The van der Waals surface area contributed by atoms with Crippen LogP contribution in [0.4, 0.5) is 10.1 Å². The van der Waals surface area contributed by atoms with Gasteiger partial charge in [-0.3, -0.25) is 9.36 Å². The molecule has 2 aromatic carbocycles. The molecule has 1 saturated carbocycles. The monoisotopic (exact) mass is 444 g/mol. The Morgan fingerprint density at radius 2 is 1.93 bits per heavy atom. The minimum atomic E-state index is -0.322. The summed E-state index contributed by atoms with van der Waals surface area (Å²) in [5.41, 5.74) is 1.08. The second-order valence-corrected chi connectivity index (χ2v) is 8.67. The zero-order chi connectivity index (χ0) is 20.9. The number of nitrogens with one attached hydrogen (secondary N) is 1. The molecule has 0 aliphatic heterocycles. The van der Waals surface area contributed by atoms with Gasteiger partial charge in [-0.15, -0.1) is 10.2 Å². The van der Waals surface area contributed by atoms with Crippen molar-refractivity contribution >= 4 is 35.0 Å². The van der Waals surface area contributed by atoms with Gasteiger partial charge in [-0.25, -0.2) is 4.39 Å². The molecule has 1 aliphatic rings. The van der Waals surface area contributed by atoms with Crippen LogP contribution in [0.3, 0.4) is 0 Å². The van der Waals surface area contributed by atoms with Crippen molar-refractivity contribution in [2.24, 2.45) is 0 Å². The summed E-state index contributed by atoms with van der Waals surface area (Å²) < 4.78 is 16.5. The molecule has 0 radical (unpaired) electrons. The number of thioether (sulfide) groups is 1. The Balaban J connectivity index is 1.55. The Bertz CT molecular complexity index is 1040. The predicted octanol–water partition coefficient (Wildman–Crippen LogP) is 5.97. The Labute approximate surface area is 184 Å². The molecule has 1 N–H and O–H groups in total. The first-order valence-electron chi connectivity index (χ1n) is 10.00. The molecule has 1 heterocycles. The van der Waals surface area contributed by atoms with Crippen molar-refractivity contribution in [3.63, 3.8) is 0 Å². The highest BCUT2D eigenvalue weighted by Gasteiger charge is 2.25. The second kappa shape index (κ2) is 9.62. The van der Waals surface area contributed by atoms with Crippen molar-refractivity contribution in [3.05, 3.63) is 59.4 Å². The van der Waals surface area contributed by atoms with Crippen molar-refractivity contribution < 1.29 is 9.18 Å². The van der Waals surface area contributed by atoms with Gasteiger partial charge in [0.25, 0.3) is 0 Å². The van der Waals surface area contributed by atoms with Gasteiger partial charge in [0.15, 0.2) is 11.0 Å². The normalized spacial score (nSPS) is 14.6. The van der Waals surface area contributed by atoms with E-state index in [1.165, 1.54) is 24.2 Å². The molecule has 3 aromatic rings. The van der Waals surface area contributed by atoms with Gasteiger partial charge in [0, 0.05) is 16.8 Å². The standard InChI is InChI=1S/C22H22ClFN4OS/c23-15-7-6-8-16(13-15)25-20(29)14-30-22-27-26-21(18-11-4-5-12-19(18)24)28(22)17-9-2-1-3-10-17/h4-8,11-13,17H,1-3,9-10,14H2,(H,25,29). The highest BCUT2D eigenvalue weighted by Crippen LogP contribution is 2.36. The van der Waals surface area contributed by atoms with Crippen LogP contribution in [0.5, 0.6) is 0 Å². The molecule has 156 valence electrons. The maximum Gasteiger partial charge on any atom is 0.234 e. The molecule has 4 rings (SSSR count). The molecule has 0 atom stereocenters. The van der Waals surface area contributed by atoms with E-state index in [4.69, 9.17) is 11.6 Å². The molecule has 1 amide bonds. The lowest BCUT2D eigenvalue weighted by Crippen LogP contribution is -2.17. The summed E-state index contributed by atoms with van der Waals surface area (Å²) in [5, 5.41) is 12.6. The molecule has 0 saturated heterocycles. The van der Waals surface area contributed by atoms with E-state index in [0.717, 1.165) is 25.7 Å². The summed E-state index contributed by atoms with van der Waals surface area (Å²) in [6.45, 7) is 0. The molecule has 1 aromatic heterocycles. The molecule has 0 spiro atoms. The summed E-state index contributed by atoms with van der Waals surface area (Å²) in [5.74, 6) is 0.220. The lowest BCUT2D eigenvalue weighted by atomic mass is 9.95. The lowest BCUT2D eigenvalue weighted by Gasteiger charge is -2.25. The minimum Gasteiger partial charge on any atom is -0.325 e. The summed E-state index contributed by atoms with van der Waals surface area (Å²) in [7, 11) is 0. The van der Waals surface area contributed by atoms with E-state index in [9.17, 15) is 9.18 Å². The van der Waals surface area contributed by atoms with Crippen LogP contribution in [-0.2, 0) is 4.79 Å². The fourth-order valence-corrected chi connectivity index (χ4v) is 4.76. The number of carbonyl (C=O) groups is 1. The van der Waals surface area contributed by atoms with Crippen molar-refractivity contribution in [2.75, 3.05) is 11.1 Å². The van der Waals surface area contributed by atoms with Gasteiger partial charge in [0.05, 0.1) is 11.3 Å². The number of hydrogen-bond acceptors (Lipinski definition) is 4. The summed E-state index contributed by atoms with van der Waals surface area (Å²) >= 11 is 7.29. The van der Waals surface area contributed by atoms with E-state index in [1.807, 2.05) is 4.57 Å². The average molecular weight is 445 g/mol. The topological polar surface area (TPSA) is 59.8 Å². The van der Waals surface area contributed by atoms with Crippen LogP contribution < -0.4 is 5.32 Å². The Hall–Kier alpha value is -2.38. The summed E-state index contributed by atoms with van der Waals surface area (Å²) in [6, 6.07) is 13.8. The number of aromatic nitrogens is 3. The fraction of sp³-hybridized carbons (Fsp3) is 0.318. The van der Waals surface area contributed by atoms with E-state index in [2.05, 4.69) is 15.5 Å². The highest BCUT2D eigenvalue weighted by molar-refractivity contribution is 7.99. The Kier molecular flexibility index (Phi) is 6.69. The molecule has 5 nitrogen and oxygen atoms in total. The third-order valence-corrected chi connectivity index (χ3v) is 6.34. The number of amides is 1. The van der Waals surface area contributed by atoms with E-state index in [0.29, 0.717) is 27.3 Å². The van der Waals surface area contributed by atoms with Gasteiger partial charge >= 0.3 is 0 Å². The zero-order valence-electron chi connectivity index (χ0n) is 16.4. The van der Waals surface area contributed by atoms with Crippen LogP contribution in [0.25, 0.3) is 11.4 Å².